The molecule has 0 bridgehead atoms. The van der Waals surface area contributed by atoms with E-state index in [2.05, 4.69) is 10.3 Å². The molecule has 0 aromatic heterocycles. The number of rotatable bonds is 2. The summed E-state index contributed by atoms with van der Waals surface area (Å²) in [6, 6.07) is 5.57. The molecule has 1 rings (SSSR count). The summed E-state index contributed by atoms with van der Waals surface area (Å²) in [5, 5.41) is 3.74. The fourth-order valence-corrected chi connectivity index (χ4v) is 1.13. The second-order valence-electron chi connectivity index (χ2n) is 2.30. The van der Waals surface area contributed by atoms with E-state index in [1.54, 1.807) is 6.21 Å². The molecule has 0 aliphatic rings. The lowest BCUT2D eigenvalue weighted by molar-refractivity contribution is 1.45. The van der Waals surface area contributed by atoms with Crippen LogP contribution in [0.25, 0.3) is 0 Å². The zero-order valence-electron chi connectivity index (χ0n) is 7.13. The topological polar surface area (TPSA) is 24.4 Å². The Bertz CT molecular complexity index is 295. The predicted octanol–water partition coefficient (Wildman–Crippen LogP) is 3.10. The molecule has 0 unspecified atom stereocenters. The third-order valence-corrected chi connectivity index (χ3v) is 1.73. The molecule has 64 valence electrons. The maximum Gasteiger partial charge on any atom is 0.0871 e. The van der Waals surface area contributed by atoms with Gasteiger partial charge in [0.2, 0.25) is 0 Å². The van der Waals surface area contributed by atoms with Crippen LogP contribution in [0.1, 0.15) is 6.92 Å². The Morgan fingerprint density at radius 1 is 1.50 bits per heavy atom. The Morgan fingerprint density at radius 2 is 2.25 bits per heavy atom. The molecular formula is C9H11ClN2. The fraction of sp³-hybridized carbons (Fsp3) is 0.222. The Kier molecular flexibility index (Phi) is 3.11. The van der Waals surface area contributed by atoms with Crippen molar-refractivity contribution < 1.29 is 0 Å². The van der Waals surface area contributed by atoms with Gasteiger partial charge in [-0.25, -0.2) is 0 Å². The van der Waals surface area contributed by atoms with Crippen LogP contribution in [0, 0.1) is 0 Å². The van der Waals surface area contributed by atoms with Crippen molar-refractivity contribution in [2.75, 3.05) is 12.4 Å². The third-order valence-electron chi connectivity index (χ3n) is 1.50. The molecule has 0 heterocycles. The zero-order chi connectivity index (χ0) is 8.97. The largest absolute Gasteiger partial charge is 0.386 e. The Labute approximate surface area is 77.3 Å². The minimum absolute atomic E-state index is 0.703. The van der Waals surface area contributed by atoms with Gasteiger partial charge >= 0.3 is 0 Å². The van der Waals surface area contributed by atoms with Gasteiger partial charge in [0, 0.05) is 18.3 Å². The van der Waals surface area contributed by atoms with Crippen LogP contribution in [-0.2, 0) is 0 Å². The van der Waals surface area contributed by atoms with Crippen molar-refractivity contribution in [1.82, 2.24) is 0 Å². The van der Waals surface area contributed by atoms with Gasteiger partial charge in [0.25, 0.3) is 0 Å². The van der Waals surface area contributed by atoms with E-state index in [0.29, 0.717) is 5.02 Å². The molecule has 1 aromatic carbocycles. The van der Waals surface area contributed by atoms with Gasteiger partial charge in [-0.05, 0) is 25.1 Å². The highest BCUT2D eigenvalue weighted by atomic mass is 35.5. The number of nitrogens with zero attached hydrogens (tertiary/aromatic N) is 1. The van der Waals surface area contributed by atoms with E-state index in [9.17, 15) is 0 Å². The summed E-state index contributed by atoms with van der Waals surface area (Å²) in [5.41, 5.74) is 1.85. The van der Waals surface area contributed by atoms with Crippen LogP contribution >= 0.6 is 11.6 Å². The van der Waals surface area contributed by atoms with Gasteiger partial charge in [0.05, 0.1) is 11.4 Å². The minimum atomic E-state index is 0.703. The van der Waals surface area contributed by atoms with Gasteiger partial charge < -0.3 is 5.32 Å². The molecule has 0 saturated heterocycles. The van der Waals surface area contributed by atoms with Crippen molar-refractivity contribution in [3.05, 3.63) is 23.2 Å². The van der Waals surface area contributed by atoms with E-state index in [1.165, 1.54) is 0 Å². The predicted molar refractivity (Wildman–Crippen MR) is 54.8 cm³/mol. The molecule has 1 N–H and O–H groups in total. The first-order valence-corrected chi connectivity index (χ1v) is 4.11. The van der Waals surface area contributed by atoms with E-state index in [4.69, 9.17) is 11.6 Å². The first kappa shape index (κ1) is 9.07. The van der Waals surface area contributed by atoms with Crippen LogP contribution in [0.5, 0.6) is 0 Å². The summed E-state index contributed by atoms with van der Waals surface area (Å²) in [5.74, 6) is 0. The van der Waals surface area contributed by atoms with Crippen molar-refractivity contribution in [3.8, 4) is 0 Å². The molecule has 0 amide bonds. The van der Waals surface area contributed by atoms with Crippen molar-refractivity contribution in [3.63, 3.8) is 0 Å². The van der Waals surface area contributed by atoms with Crippen LogP contribution in [0.2, 0.25) is 5.02 Å². The first-order valence-electron chi connectivity index (χ1n) is 3.74. The molecule has 0 aliphatic carbocycles. The Morgan fingerprint density at radius 3 is 2.83 bits per heavy atom. The highest BCUT2D eigenvalue weighted by molar-refractivity contribution is 6.31. The van der Waals surface area contributed by atoms with Crippen molar-refractivity contribution >= 4 is 29.2 Å². The molecule has 0 radical (unpaired) electrons. The van der Waals surface area contributed by atoms with E-state index >= 15 is 0 Å². The standard InChI is InChI=1S/C9H11ClN2/c1-3-12-9-6-7(10)4-5-8(9)11-2/h3-6,11H,1-2H3. The lowest BCUT2D eigenvalue weighted by Crippen LogP contribution is -1.87. The first-order chi connectivity index (χ1) is 5.77. The summed E-state index contributed by atoms with van der Waals surface area (Å²) in [7, 11) is 1.86. The molecule has 0 fully saturated rings. The van der Waals surface area contributed by atoms with Crippen LogP contribution < -0.4 is 5.32 Å². The van der Waals surface area contributed by atoms with Crippen LogP contribution in [-0.4, -0.2) is 13.3 Å². The Balaban J connectivity index is 3.12. The number of aliphatic imine (C=N–C) groups is 1. The molecule has 2 nitrogen and oxygen atoms in total. The number of nitrogens with one attached hydrogen (secondary N) is 1. The lowest BCUT2D eigenvalue weighted by atomic mass is 10.2. The summed E-state index contributed by atoms with van der Waals surface area (Å²) in [6.45, 7) is 1.88. The highest BCUT2D eigenvalue weighted by Crippen LogP contribution is 2.27. The average molecular weight is 183 g/mol. The van der Waals surface area contributed by atoms with Crippen molar-refractivity contribution in [2.24, 2.45) is 4.99 Å². The second kappa shape index (κ2) is 4.12. The zero-order valence-corrected chi connectivity index (χ0v) is 7.89. The molecule has 1 aromatic rings. The van der Waals surface area contributed by atoms with E-state index in [0.717, 1.165) is 11.4 Å². The van der Waals surface area contributed by atoms with Gasteiger partial charge in [0.15, 0.2) is 0 Å². The molecule has 0 spiro atoms. The molecule has 0 aliphatic heterocycles. The monoisotopic (exact) mass is 182 g/mol. The number of benzene rings is 1. The minimum Gasteiger partial charge on any atom is -0.386 e. The quantitative estimate of drug-likeness (QED) is 0.699. The number of anilines is 1. The summed E-state index contributed by atoms with van der Waals surface area (Å²) in [6.07, 6.45) is 1.74. The Hall–Kier alpha value is -1.02. The highest BCUT2D eigenvalue weighted by Gasteiger charge is 1.98. The summed E-state index contributed by atoms with van der Waals surface area (Å²) >= 11 is 5.81. The summed E-state index contributed by atoms with van der Waals surface area (Å²) < 4.78 is 0. The number of hydrogen-bond donors (Lipinski definition) is 1. The van der Waals surface area contributed by atoms with Crippen molar-refractivity contribution in [1.29, 1.82) is 0 Å². The maximum absolute atomic E-state index is 5.81. The average Bonchev–Trinajstić information content (AvgIpc) is 2.05. The van der Waals surface area contributed by atoms with Crippen LogP contribution in [0.4, 0.5) is 11.4 Å². The molecule has 0 atom stereocenters. The number of halogens is 1. The molecule has 12 heavy (non-hydrogen) atoms. The van der Waals surface area contributed by atoms with Gasteiger partial charge in [-0.15, -0.1) is 0 Å². The number of hydrogen-bond acceptors (Lipinski definition) is 2. The van der Waals surface area contributed by atoms with E-state index in [-0.39, 0.29) is 0 Å². The SMILES string of the molecule is CC=Nc1cc(Cl)ccc1NC. The van der Waals surface area contributed by atoms with Gasteiger partial charge in [-0.2, -0.15) is 0 Å². The lowest BCUT2D eigenvalue weighted by Gasteiger charge is -2.03. The van der Waals surface area contributed by atoms with E-state index in [1.807, 2.05) is 32.2 Å². The molecular weight excluding hydrogens is 172 g/mol. The third kappa shape index (κ3) is 1.98. The van der Waals surface area contributed by atoms with E-state index < -0.39 is 0 Å². The maximum atomic E-state index is 5.81. The fourth-order valence-electron chi connectivity index (χ4n) is 0.962. The summed E-state index contributed by atoms with van der Waals surface area (Å²) in [4.78, 5) is 4.17. The van der Waals surface area contributed by atoms with Crippen molar-refractivity contribution in [2.45, 2.75) is 6.92 Å². The smallest absolute Gasteiger partial charge is 0.0871 e. The van der Waals surface area contributed by atoms with Crippen LogP contribution in [0.15, 0.2) is 23.2 Å². The normalized spacial score (nSPS) is 10.6. The molecule has 0 saturated carbocycles. The van der Waals surface area contributed by atoms with Gasteiger partial charge in [-0.1, -0.05) is 11.6 Å². The van der Waals surface area contributed by atoms with Gasteiger partial charge in [-0.3, -0.25) is 4.99 Å². The van der Waals surface area contributed by atoms with Crippen LogP contribution in [0.3, 0.4) is 0 Å². The van der Waals surface area contributed by atoms with Gasteiger partial charge in [0.1, 0.15) is 0 Å². The second-order valence-corrected chi connectivity index (χ2v) is 2.74. The molecule has 3 heteroatoms.